The van der Waals surface area contributed by atoms with Crippen LogP contribution in [0, 0.1) is 5.92 Å². The van der Waals surface area contributed by atoms with Gasteiger partial charge in [0, 0.05) is 41.3 Å². The molecule has 0 amide bonds. The molecule has 1 N–H and O–H groups in total. The van der Waals surface area contributed by atoms with Crippen molar-refractivity contribution in [2.24, 2.45) is 13.0 Å². The summed E-state index contributed by atoms with van der Waals surface area (Å²) in [7, 11) is 2.02. The van der Waals surface area contributed by atoms with Gasteiger partial charge in [0.05, 0.1) is 12.0 Å². The van der Waals surface area contributed by atoms with Crippen LogP contribution >= 0.6 is 0 Å². The molecule has 1 unspecified atom stereocenters. The van der Waals surface area contributed by atoms with Crippen molar-refractivity contribution in [2.75, 3.05) is 0 Å². The van der Waals surface area contributed by atoms with Crippen molar-refractivity contribution in [3.63, 3.8) is 0 Å². The van der Waals surface area contributed by atoms with E-state index in [1.54, 1.807) is 6.33 Å². The number of nitrogens with zero attached hydrogens (tertiary/aromatic N) is 2. The molecule has 2 heterocycles. The van der Waals surface area contributed by atoms with Gasteiger partial charge in [-0.1, -0.05) is 0 Å². The Hall–Kier alpha value is -2.36. The van der Waals surface area contributed by atoms with Crippen LogP contribution in [-0.4, -0.2) is 20.3 Å². The minimum absolute atomic E-state index is 0.0686. The summed E-state index contributed by atoms with van der Waals surface area (Å²) in [5.74, 6) is 0.320. The molecule has 1 aromatic carbocycles. The van der Waals surface area contributed by atoms with Crippen molar-refractivity contribution in [1.29, 1.82) is 0 Å². The van der Waals surface area contributed by atoms with Gasteiger partial charge in [0.1, 0.15) is 0 Å². The van der Waals surface area contributed by atoms with Gasteiger partial charge in [0.25, 0.3) is 0 Å². The van der Waals surface area contributed by atoms with E-state index >= 15 is 0 Å². The Balaban J connectivity index is 1.64. The first-order valence-electron chi connectivity index (χ1n) is 7.33. The molecule has 0 saturated heterocycles. The van der Waals surface area contributed by atoms with Crippen LogP contribution in [0.2, 0.25) is 0 Å². The average molecular weight is 279 g/mol. The summed E-state index contributed by atoms with van der Waals surface area (Å²) in [4.78, 5) is 20.2. The summed E-state index contributed by atoms with van der Waals surface area (Å²) in [6.45, 7) is 0. The topological polar surface area (TPSA) is 50.7 Å². The number of Topliss-reactive ketones (excluding diaryl/α,β-unsaturated/α-hetero) is 1. The number of aryl methyl sites for hydroxylation is 2. The number of rotatable bonds is 2. The zero-order chi connectivity index (χ0) is 14.4. The Kier molecular flexibility index (Phi) is 2.70. The fourth-order valence-corrected chi connectivity index (χ4v) is 3.30. The first-order valence-corrected chi connectivity index (χ1v) is 7.33. The molecule has 106 valence electrons. The predicted molar refractivity (Wildman–Crippen MR) is 81.4 cm³/mol. The first-order chi connectivity index (χ1) is 10.2. The molecule has 0 spiro atoms. The number of nitrogens with one attached hydrogen (secondary N) is 1. The highest BCUT2D eigenvalue weighted by molar-refractivity contribution is 6.01. The fraction of sp³-hybridized carbons (Fsp3) is 0.294. The number of aromatic amines is 1. The lowest BCUT2D eigenvalue weighted by Gasteiger charge is -2.20. The SMILES string of the molecule is Cn1ccc2cc(C(=O)C3CCc4nc[nH]c4C3)ccc21. The number of H-pyrrole nitrogens is 1. The maximum atomic E-state index is 12.7. The maximum absolute atomic E-state index is 12.7. The van der Waals surface area contributed by atoms with Crippen molar-refractivity contribution in [3.05, 3.63) is 53.7 Å². The van der Waals surface area contributed by atoms with Gasteiger partial charge in [-0.15, -0.1) is 0 Å². The largest absolute Gasteiger partial charge is 0.351 e. The first kappa shape index (κ1) is 12.4. The second-order valence-corrected chi connectivity index (χ2v) is 5.83. The van der Waals surface area contributed by atoms with E-state index in [-0.39, 0.29) is 11.7 Å². The summed E-state index contributed by atoms with van der Waals surface area (Å²) < 4.78 is 2.07. The van der Waals surface area contributed by atoms with Gasteiger partial charge in [-0.2, -0.15) is 0 Å². The van der Waals surface area contributed by atoms with E-state index in [1.807, 2.05) is 31.4 Å². The molecule has 3 aromatic rings. The Morgan fingerprint density at radius 1 is 1.38 bits per heavy atom. The van der Waals surface area contributed by atoms with Crippen LogP contribution < -0.4 is 0 Å². The van der Waals surface area contributed by atoms with E-state index < -0.39 is 0 Å². The number of benzene rings is 1. The zero-order valence-electron chi connectivity index (χ0n) is 12.0. The van der Waals surface area contributed by atoms with Crippen LogP contribution in [0.3, 0.4) is 0 Å². The maximum Gasteiger partial charge on any atom is 0.166 e. The van der Waals surface area contributed by atoms with Gasteiger partial charge < -0.3 is 9.55 Å². The molecule has 0 saturated carbocycles. The van der Waals surface area contributed by atoms with Gasteiger partial charge in [-0.05, 0) is 43.5 Å². The van der Waals surface area contributed by atoms with Crippen molar-refractivity contribution in [2.45, 2.75) is 19.3 Å². The van der Waals surface area contributed by atoms with Gasteiger partial charge in [0.2, 0.25) is 0 Å². The van der Waals surface area contributed by atoms with Crippen LogP contribution in [0.25, 0.3) is 10.9 Å². The number of fused-ring (bicyclic) bond motifs is 2. The highest BCUT2D eigenvalue weighted by Gasteiger charge is 2.27. The molecular weight excluding hydrogens is 262 g/mol. The summed E-state index contributed by atoms with van der Waals surface area (Å²) in [5.41, 5.74) is 4.23. The molecule has 1 aliphatic carbocycles. The average Bonchev–Trinajstić information content (AvgIpc) is 3.12. The van der Waals surface area contributed by atoms with Crippen molar-refractivity contribution in [1.82, 2.24) is 14.5 Å². The highest BCUT2D eigenvalue weighted by Crippen LogP contribution is 2.27. The molecule has 0 fully saturated rings. The molecule has 1 aliphatic rings. The Bertz CT molecular complexity index is 828. The molecule has 21 heavy (non-hydrogen) atoms. The Morgan fingerprint density at radius 2 is 2.29 bits per heavy atom. The van der Waals surface area contributed by atoms with E-state index in [2.05, 4.69) is 20.6 Å². The number of hydrogen-bond donors (Lipinski definition) is 1. The molecule has 2 aromatic heterocycles. The normalized spacial score (nSPS) is 17.9. The van der Waals surface area contributed by atoms with Crippen molar-refractivity contribution >= 4 is 16.7 Å². The number of carbonyl (C=O) groups is 1. The molecule has 1 atom stereocenters. The lowest BCUT2D eigenvalue weighted by Crippen LogP contribution is -2.22. The molecule has 0 aliphatic heterocycles. The van der Waals surface area contributed by atoms with Crippen LogP contribution in [0.15, 0.2) is 36.8 Å². The predicted octanol–water partition coefficient (Wildman–Crippen LogP) is 2.89. The summed E-state index contributed by atoms with van der Waals surface area (Å²) in [6, 6.07) is 8.06. The van der Waals surface area contributed by atoms with Gasteiger partial charge in [0.15, 0.2) is 5.78 Å². The smallest absolute Gasteiger partial charge is 0.166 e. The summed E-state index contributed by atoms with van der Waals surface area (Å²) >= 11 is 0. The number of carbonyl (C=O) groups excluding carboxylic acids is 1. The van der Waals surface area contributed by atoms with Gasteiger partial charge >= 0.3 is 0 Å². The third-order valence-electron chi connectivity index (χ3n) is 4.53. The quantitative estimate of drug-likeness (QED) is 0.733. The minimum Gasteiger partial charge on any atom is -0.351 e. The standard InChI is InChI=1S/C17H17N3O/c1-20-7-6-11-8-12(3-5-16(11)20)17(21)13-2-4-14-15(9-13)19-10-18-14/h3,5-8,10,13H,2,4,9H2,1H3,(H,18,19). The molecule has 0 radical (unpaired) electrons. The van der Waals surface area contributed by atoms with Crippen LogP contribution in [0.1, 0.15) is 28.2 Å². The third-order valence-corrected chi connectivity index (χ3v) is 4.53. The fourth-order valence-electron chi connectivity index (χ4n) is 3.30. The third kappa shape index (κ3) is 1.98. The van der Waals surface area contributed by atoms with E-state index in [1.165, 1.54) is 0 Å². The van der Waals surface area contributed by atoms with Gasteiger partial charge in [-0.3, -0.25) is 4.79 Å². The number of hydrogen-bond acceptors (Lipinski definition) is 2. The number of ketones is 1. The lowest BCUT2D eigenvalue weighted by atomic mass is 9.84. The molecule has 4 rings (SSSR count). The molecule has 0 bridgehead atoms. The lowest BCUT2D eigenvalue weighted by molar-refractivity contribution is 0.0908. The van der Waals surface area contributed by atoms with E-state index in [4.69, 9.17) is 0 Å². The highest BCUT2D eigenvalue weighted by atomic mass is 16.1. The van der Waals surface area contributed by atoms with Crippen molar-refractivity contribution < 1.29 is 4.79 Å². The van der Waals surface area contributed by atoms with E-state index in [0.717, 1.165) is 47.1 Å². The summed E-state index contributed by atoms with van der Waals surface area (Å²) in [5, 5.41) is 1.13. The second-order valence-electron chi connectivity index (χ2n) is 5.83. The number of aromatic nitrogens is 3. The molecule has 4 nitrogen and oxygen atoms in total. The van der Waals surface area contributed by atoms with E-state index in [9.17, 15) is 4.79 Å². The zero-order valence-corrected chi connectivity index (χ0v) is 12.0. The van der Waals surface area contributed by atoms with Crippen LogP contribution in [0.4, 0.5) is 0 Å². The monoisotopic (exact) mass is 279 g/mol. The summed E-state index contributed by atoms with van der Waals surface area (Å²) in [6.07, 6.45) is 6.32. The minimum atomic E-state index is 0.0686. The molecular formula is C17H17N3O. The van der Waals surface area contributed by atoms with Crippen LogP contribution in [-0.2, 0) is 19.9 Å². The van der Waals surface area contributed by atoms with E-state index in [0.29, 0.717) is 0 Å². The van der Waals surface area contributed by atoms with Crippen LogP contribution in [0.5, 0.6) is 0 Å². The Morgan fingerprint density at radius 3 is 3.19 bits per heavy atom. The Labute approximate surface area is 122 Å². The van der Waals surface area contributed by atoms with Crippen molar-refractivity contribution in [3.8, 4) is 0 Å². The molecule has 4 heteroatoms. The van der Waals surface area contributed by atoms with Gasteiger partial charge in [-0.25, -0.2) is 4.98 Å². The number of imidazole rings is 1. The second kappa shape index (κ2) is 4.58.